The summed E-state index contributed by atoms with van der Waals surface area (Å²) in [6.45, 7) is 2.64. The Morgan fingerprint density at radius 3 is 2.43 bits per heavy atom. The van der Waals surface area contributed by atoms with Crippen LogP contribution in [0.1, 0.15) is 43.4 Å². The first-order chi connectivity index (χ1) is 9.50. The van der Waals surface area contributed by atoms with Gasteiger partial charge in [-0.15, -0.1) is 0 Å². The molecule has 1 aromatic carbocycles. The number of unbranched alkanes of at least 4 members (excludes halogenated alkanes) is 1. The maximum absolute atomic E-state index is 5.57. The topological polar surface area (TPSA) is 18.5 Å². The van der Waals surface area contributed by atoms with Crippen molar-refractivity contribution in [1.29, 1.82) is 0 Å². The summed E-state index contributed by atoms with van der Waals surface area (Å²) in [4.78, 5) is 0. The summed E-state index contributed by atoms with van der Waals surface area (Å²) >= 11 is 0. The Morgan fingerprint density at radius 2 is 1.81 bits per heavy atom. The van der Waals surface area contributed by atoms with Gasteiger partial charge in [0.1, 0.15) is 6.04 Å². The van der Waals surface area contributed by atoms with E-state index in [9.17, 15) is 0 Å². The zero-order valence-corrected chi connectivity index (χ0v) is 15.6. The Balaban J connectivity index is 0.00000161. The number of fused-ring (bicyclic) bond motifs is 2. The largest absolute Gasteiger partial charge is 1.00 e. The second-order valence-electron chi connectivity index (χ2n) is 7.07. The van der Waals surface area contributed by atoms with E-state index in [1.165, 1.54) is 36.8 Å². The normalized spacial score (nSPS) is 22.9. The molecule has 1 aliphatic carbocycles. The summed E-state index contributed by atoms with van der Waals surface area (Å²) in [6, 6.07) is 5.02. The van der Waals surface area contributed by atoms with Gasteiger partial charge in [-0.25, -0.2) is 0 Å². The molecule has 1 aliphatic heterocycles. The summed E-state index contributed by atoms with van der Waals surface area (Å²) in [6.07, 6.45) is 5.10. The van der Waals surface area contributed by atoms with Crippen molar-refractivity contribution in [2.24, 2.45) is 5.92 Å². The Morgan fingerprint density at radius 1 is 1.14 bits per heavy atom. The van der Waals surface area contributed by atoms with E-state index in [1.807, 2.05) is 0 Å². The molecule has 0 N–H and O–H groups in total. The first-order valence-corrected chi connectivity index (χ1v) is 7.74. The molecule has 2 atom stereocenters. The minimum absolute atomic E-state index is 0. The molecule has 0 amide bonds. The van der Waals surface area contributed by atoms with Crippen LogP contribution in [0.5, 0.6) is 11.5 Å². The van der Waals surface area contributed by atoms with Crippen LogP contribution in [-0.4, -0.2) is 32.4 Å². The summed E-state index contributed by atoms with van der Waals surface area (Å²) in [5.74, 6) is 2.60. The standard InChI is InChI=1S/C17H26NO2.HI/c1-5-6-7-12-8-13-9-15-16(20-11-19-15)10-14(13)17(12)18(2,3)4;/h9-10,12,17H,5-8,11H2,1-4H3;1H/q+1;/p-1/t12-,17-;/m1./s1. The van der Waals surface area contributed by atoms with Gasteiger partial charge in [-0.3, -0.25) is 0 Å². The van der Waals surface area contributed by atoms with Crippen molar-refractivity contribution in [3.63, 3.8) is 0 Å². The molecule has 0 saturated carbocycles. The number of hydrogen-bond acceptors (Lipinski definition) is 2. The van der Waals surface area contributed by atoms with Gasteiger partial charge < -0.3 is 37.9 Å². The predicted molar refractivity (Wildman–Crippen MR) is 80.1 cm³/mol. The molecule has 1 heterocycles. The number of rotatable bonds is 4. The number of nitrogens with zero attached hydrogens (tertiary/aromatic N) is 1. The average Bonchev–Trinajstić information content (AvgIpc) is 2.94. The minimum Gasteiger partial charge on any atom is -1.00 e. The molecule has 1 aromatic rings. The van der Waals surface area contributed by atoms with E-state index in [-0.39, 0.29) is 24.0 Å². The van der Waals surface area contributed by atoms with Gasteiger partial charge in [0, 0.05) is 11.5 Å². The highest BCUT2D eigenvalue weighted by Crippen LogP contribution is 2.48. The molecule has 0 radical (unpaired) electrons. The zero-order chi connectivity index (χ0) is 14.3. The fourth-order valence-corrected chi connectivity index (χ4v) is 3.88. The van der Waals surface area contributed by atoms with Gasteiger partial charge in [0.05, 0.1) is 21.1 Å². The highest BCUT2D eigenvalue weighted by atomic mass is 127. The van der Waals surface area contributed by atoms with Crippen LogP contribution in [0.15, 0.2) is 12.1 Å². The van der Waals surface area contributed by atoms with Crippen LogP contribution < -0.4 is 33.5 Å². The number of quaternary nitrogens is 1. The highest BCUT2D eigenvalue weighted by Gasteiger charge is 2.42. The average molecular weight is 403 g/mol. The molecule has 3 nitrogen and oxygen atoms in total. The molecule has 21 heavy (non-hydrogen) atoms. The van der Waals surface area contributed by atoms with Crippen molar-refractivity contribution in [2.75, 3.05) is 27.9 Å². The van der Waals surface area contributed by atoms with E-state index in [2.05, 4.69) is 40.2 Å². The van der Waals surface area contributed by atoms with Gasteiger partial charge >= 0.3 is 0 Å². The molecule has 0 fully saturated rings. The van der Waals surface area contributed by atoms with Gasteiger partial charge in [0.15, 0.2) is 11.5 Å². The van der Waals surface area contributed by atoms with Crippen LogP contribution in [0.3, 0.4) is 0 Å². The third kappa shape index (κ3) is 3.16. The van der Waals surface area contributed by atoms with Gasteiger partial charge in [-0.1, -0.05) is 19.8 Å². The van der Waals surface area contributed by atoms with E-state index in [4.69, 9.17) is 9.47 Å². The van der Waals surface area contributed by atoms with Crippen LogP contribution in [-0.2, 0) is 6.42 Å². The number of halogens is 1. The molecular weight excluding hydrogens is 377 g/mol. The van der Waals surface area contributed by atoms with E-state index >= 15 is 0 Å². The van der Waals surface area contributed by atoms with Gasteiger partial charge in [0.2, 0.25) is 6.79 Å². The monoisotopic (exact) mass is 403 g/mol. The molecule has 0 bridgehead atoms. The van der Waals surface area contributed by atoms with E-state index < -0.39 is 0 Å². The second-order valence-corrected chi connectivity index (χ2v) is 7.07. The fraction of sp³-hybridized carbons (Fsp3) is 0.647. The maximum atomic E-state index is 5.57. The predicted octanol–water partition coefficient (Wildman–Crippen LogP) is 0.529. The molecule has 118 valence electrons. The summed E-state index contributed by atoms with van der Waals surface area (Å²) < 4.78 is 12.1. The summed E-state index contributed by atoms with van der Waals surface area (Å²) in [5.41, 5.74) is 2.94. The molecule has 2 aliphatic rings. The maximum Gasteiger partial charge on any atom is 0.231 e. The smallest absolute Gasteiger partial charge is 0.231 e. The van der Waals surface area contributed by atoms with Crippen LogP contribution in [0.25, 0.3) is 0 Å². The van der Waals surface area contributed by atoms with Crippen LogP contribution in [0.4, 0.5) is 0 Å². The molecule has 0 spiro atoms. The number of ether oxygens (including phenoxy) is 2. The second kappa shape index (κ2) is 6.32. The van der Waals surface area contributed by atoms with Crippen LogP contribution in [0, 0.1) is 5.92 Å². The van der Waals surface area contributed by atoms with Gasteiger partial charge in [-0.2, -0.15) is 0 Å². The molecule has 0 saturated heterocycles. The minimum atomic E-state index is 0. The summed E-state index contributed by atoms with van der Waals surface area (Å²) in [5, 5.41) is 0. The molecular formula is C17H26INO2. The third-order valence-electron chi connectivity index (χ3n) is 4.64. The molecule has 0 unspecified atom stereocenters. The van der Waals surface area contributed by atoms with E-state index in [0.717, 1.165) is 21.9 Å². The lowest BCUT2D eigenvalue weighted by atomic mass is 9.92. The fourth-order valence-electron chi connectivity index (χ4n) is 3.88. The lowest BCUT2D eigenvalue weighted by molar-refractivity contribution is -0.905. The first kappa shape index (κ1) is 16.9. The SMILES string of the molecule is CCCC[C@@H]1Cc2cc3c(cc2[C@@H]1[N+](C)(C)C)OCO3.[I-]. The lowest BCUT2D eigenvalue weighted by Gasteiger charge is -2.36. The number of benzene rings is 1. The number of hydrogen-bond donors (Lipinski definition) is 0. The molecule has 3 rings (SSSR count). The first-order valence-electron chi connectivity index (χ1n) is 7.74. The quantitative estimate of drug-likeness (QED) is 0.540. The summed E-state index contributed by atoms with van der Waals surface area (Å²) in [7, 11) is 6.93. The molecule has 4 heteroatoms. The van der Waals surface area contributed by atoms with Gasteiger partial charge in [0.25, 0.3) is 0 Å². The lowest BCUT2D eigenvalue weighted by Crippen LogP contribution is -3.00. The Bertz CT molecular complexity index is 510. The van der Waals surface area contributed by atoms with Crippen molar-refractivity contribution < 1.29 is 37.9 Å². The van der Waals surface area contributed by atoms with Crippen molar-refractivity contribution >= 4 is 0 Å². The zero-order valence-electron chi connectivity index (χ0n) is 13.5. The van der Waals surface area contributed by atoms with Gasteiger partial charge in [-0.05, 0) is 30.5 Å². The Hall–Kier alpha value is -0.490. The third-order valence-corrected chi connectivity index (χ3v) is 4.64. The molecule has 0 aromatic heterocycles. The Kier molecular flexibility index (Phi) is 5.08. The van der Waals surface area contributed by atoms with Crippen LogP contribution in [0.2, 0.25) is 0 Å². The van der Waals surface area contributed by atoms with Crippen molar-refractivity contribution in [1.82, 2.24) is 0 Å². The highest BCUT2D eigenvalue weighted by molar-refractivity contribution is 5.51. The van der Waals surface area contributed by atoms with Crippen molar-refractivity contribution in [3.8, 4) is 11.5 Å². The van der Waals surface area contributed by atoms with Crippen molar-refractivity contribution in [3.05, 3.63) is 23.3 Å². The van der Waals surface area contributed by atoms with E-state index in [1.54, 1.807) is 0 Å². The van der Waals surface area contributed by atoms with E-state index in [0.29, 0.717) is 12.8 Å². The van der Waals surface area contributed by atoms with Crippen molar-refractivity contribution in [2.45, 2.75) is 38.6 Å². The Labute approximate surface area is 145 Å². The van der Waals surface area contributed by atoms with Crippen LogP contribution >= 0.6 is 0 Å².